The van der Waals surface area contributed by atoms with Crippen LogP contribution >= 0.6 is 0 Å². The molecule has 2 atom stereocenters. The topological polar surface area (TPSA) is 76.3 Å². The van der Waals surface area contributed by atoms with Crippen LogP contribution in [0.5, 0.6) is 0 Å². The van der Waals surface area contributed by atoms with Gasteiger partial charge in [-0.25, -0.2) is 4.79 Å². The Labute approximate surface area is 111 Å². The number of nitrogens with zero attached hydrogens (tertiary/aromatic N) is 2. The van der Waals surface area contributed by atoms with E-state index in [-0.39, 0.29) is 29.8 Å². The highest BCUT2D eigenvalue weighted by molar-refractivity contribution is 5.02. The molecule has 1 heterocycles. The van der Waals surface area contributed by atoms with Gasteiger partial charge in [0.1, 0.15) is 0 Å². The molecule has 106 valence electrons. The second kappa shape index (κ2) is 5.71. The van der Waals surface area contributed by atoms with Crippen molar-refractivity contribution in [2.75, 3.05) is 6.61 Å². The van der Waals surface area contributed by atoms with Gasteiger partial charge in [0.05, 0.1) is 0 Å². The van der Waals surface area contributed by atoms with Crippen molar-refractivity contribution in [3.05, 3.63) is 32.6 Å². The number of rotatable bonds is 4. The molecule has 2 unspecified atom stereocenters. The summed E-state index contributed by atoms with van der Waals surface area (Å²) in [5.41, 5.74) is 0.0798. The minimum absolute atomic E-state index is 0.188. The molecule has 2 rings (SSSR count). The third-order valence-electron chi connectivity index (χ3n) is 4.06. The summed E-state index contributed by atoms with van der Waals surface area (Å²) in [5, 5.41) is 12.6. The van der Waals surface area contributed by atoms with Gasteiger partial charge >= 0.3 is 5.69 Å². The lowest BCUT2D eigenvalue weighted by Gasteiger charge is -2.20. The summed E-state index contributed by atoms with van der Waals surface area (Å²) in [6, 6.07) is 1.75. The molecule has 1 aliphatic rings. The highest BCUT2D eigenvalue weighted by Crippen LogP contribution is 2.25. The number of aromatic nitrogens is 2. The Bertz CT molecular complexity index is 561. The van der Waals surface area contributed by atoms with Gasteiger partial charge < -0.3 is 10.4 Å². The van der Waals surface area contributed by atoms with Crippen molar-refractivity contribution in [2.45, 2.75) is 31.8 Å². The second-order valence-corrected chi connectivity index (χ2v) is 5.24. The summed E-state index contributed by atoms with van der Waals surface area (Å²) in [6.45, 7) is 0.663. The van der Waals surface area contributed by atoms with Crippen molar-refractivity contribution in [1.82, 2.24) is 14.5 Å². The van der Waals surface area contributed by atoms with Crippen molar-refractivity contribution in [2.24, 2.45) is 20.0 Å². The zero-order valence-electron chi connectivity index (χ0n) is 11.4. The van der Waals surface area contributed by atoms with E-state index < -0.39 is 0 Å². The lowest BCUT2D eigenvalue weighted by molar-refractivity contribution is 0.204. The summed E-state index contributed by atoms with van der Waals surface area (Å²) in [5.74, 6) is 0.281. The van der Waals surface area contributed by atoms with Crippen LogP contribution in [0.25, 0.3) is 0 Å². The molecule has 0 aromatic carbocycles. The van der Waals surface area contributed by atoms with E-state index in [0.29, 0.717) is 12.2 Å². The Balaban J connectivity index is 2.12. The molecule has 1 fully saturated rings. The highest BCUT2D eigenvalue weighted by Gasteiger charge is 2.26. The maximum absolute atomic E-state index is 11.8. The minimum atomic E-state index is -0.311. The van der Waals surface area contributed by atoms with Gasteiger partial charge in [-0.3, -0.25) is 13.9 Å². The van der Waals surface area contributed by atoms with Gasteiger partial charge in [0.15, 0.2) is 0 Å². The third-order valence-corrected chi connectivity index (χ3v) is 4.06. The molecule has 0 spiro atoms. The molecule has 1 aliphatic carbocycles. The molecular weight excluding hydrogens is 246 g/mol. The smallest absolute Gasteiger partial charge is 0.330 e. The minimum Gasteiger partial charge on any atom is -0.396 e. The van der Waals surface area contributed by atoms with Gasteiger partial charge in [0.25, 0.3) is 5.56 Å². The first-order valence-electron chi connectivity index (χ1n) is 6.64. The lowest BCUT2D eigenvalue weighted by atomic mass is 10.1. The maximum Gasteiger partial charge on any atom is 0.330 e. The Morgan fingerprint density at radius 2 is 2.05 bits per heavy atom. The van der Waals surface area contributed by atoms with E-state index in [0.717, 1.165) is 23.8 Å². The van der Waals surface area contributed by atoms with Gasteiger partial charge in [-0.2, -0.15) is 0 Å². The van der Waals surface area contributed by atoms with E-state index in [4.69, 9.17) is 0 Å². The van der Waals surface area contributed by atoms with E-state index in [1.807, 2.05) is 0 Å². The van der Waals surface area contributed by atoms with Crippen molar-refractivity contribution in [3.63, 3.8) is 0 Å². The number of aliphatic hydroxyl groups excluding tert-OH is 1. The number of aliphatic hydroxyl groups is 1. The van der Waals surface area contributed by atoms with E-state index >= 15 is 0 Å². The van der Waals surface area contributed by atoms with Crippen LogP contribution in [0.15, 0.2) is 15.7 Å². The van der Waals surface area contributed by atoms with Crippen LogP contribution in [0.4, 0.5) is 0 Å². The van der Waals surface area contributed by atoms with Gasteiger partial charge in [-0.05, 0) is 18.8 Å². The predicted octanol–water partition coefficient (Wildman–Crippen LogP) is -0.665. The molecule has 1 aromatic rings. The Morgan fingerprint density at radius 1 is 1.32 bits per heavy atom. The summed E-state index contributed by atoms with van der Waals surface area (Å²) in [4.78, 5) is 23.4. The molecule has 1 aromatic heterocycles. The fourth-order valence-corrected chi connectivity index (χ4v) is 2.71. The largest absolute Gasteiger partial charge is 0.396 e. The summed E-state index contributed by atoms with van der Waals surface area (Å²) >= 11 is 0. The Morgan fingerprint density at radius 3 is 2.74 bits per heavy atom. The molecule has 1 saturated carbocycles. The van der Waals surface area contributed by atoms with E-state index in [1.165, 1.54) is 17.7 Å². The van der Waals surface area contributed by atoms with Crippen LogP contribution in [-0.4, -0.2) is 26.9 Å². The van der Waals surface area contributed by atoms with Gasteiger partial charge in [0, 0.05) is 45.0 Å². The van der Waals surface area contributed by atoms with Crippen molar-refractivity contribution in [1.29, 1.82) is 0 Å². The quantitative estimate of drug-likeness (QED) is 0.759. The first kappa shape index (κ1) is 14.0. The molecule has 0 aliphatic heterocycles. The number of nitrogens with one attached hydrogen (secondary N) is 1. The Kier molecular flexibility index (Phi) is 4.21. The van der Waals surface area contributed by atoms with Crippen molar-refractivity contribution in [3.8, 4) is 0 Å². The van der Waals surface area contributed by atoms with Gasteiger partial charge in [0.2, 0.25) is 0 Å². The molecule has 6 nitrogen and oxygen atoms in total. The zero-order valence-corrected chi connectivity index (χ0v) is 11.4. The zero-order chi connectivity index (χ0) is 14.0. The van der Waals surface area contributed by atoms with E-state index in [2.05, 4.69) is 5.32 Å². The van der Waals surface area contributed by atoms with Gasteiger partial charge in [-0.1, -0.05) is 6.42 Å². The molecular formula is C13H21N3O3. The lowest BCUT2D eigenvalue weighted by Crippen LogP contribution is -2.40. The predicted molar refractivity (Wildman–Crippen MR) is 72.0 cm³/mol. The SMILES string of the molecule is Cn1c(CNC2CCCC2CO)cc(=O)n(C)c1=O. The van der Waals surface area contributed by atoms with Crippen LogP contribution in [0.1, 0.15) is 25.0 Å². The third kappa shape index (κ3) is 2.79. The van der Waals surface area contributed by atoms with Crippen LogP contribution in [0.3, 0.4) is 0 Å². The average Bonchev–Trinajstić information content (AvgIpc) is 2.86. The van der Waals surface area contributed by atoms with Crippen molar-refractivity contribution >= 4 is 0 Å². The van der Waals surface area contributed by atoms with Crippen LogP contribution in [-0.2, 0) is 20.6 Å². The van der Waals surface area contributed by atoms with Crippen LogP contribution < -0.4 is 16.6 Å². The fourth-order valence-electron chi connectivity index (χ4n) is 2.71. The average molecular weight is 267 g/mol. The first-order chi connectivity index (χ1) is 9.04. The highest BCUT2D eigenvalue weighted by atomic mass is 16.3. The Hall–Kier alpha value is -1.40. The number of hydrogen-bond donors (Lipinski definition) is 2. The summed E-state index contributed by atoms with van der Waals surface area (Å²) in [7, 11) is 3.14. The maximum atomic E-state index is 11.8. The van der Waals surface area contributed by atoms with E-state index in [9.17, 15) is 14.7 Å². The van der Waals surface area contributed by atoms with E-state index in [1.54, 1.807) is 7.05 Å². The number of hydrogen-bond acceptors (Lipinski definition) is 4. The standard InChI is InChI=1S/C13H21N3O3/c1-15-10(6-12(18)16(2)13(15)19)7-14-11-5-3-4-9(11)8-17/h6,9,11,14,17H,3-5,7-8H2,1-2H3. The normalized spacial score (nSPS) is 22.9. The summed E-state index contributed by atoms with van der Waals surface area (Å²) in [6.07, 6.45) is 3.17. The van der Waals surface area contributed by atoms with Crippen LogP contribution in [0.2, 0.25) is 0 Å². The first-order valence-corrected chi connectivity index (χ1v) is 6.64. The molecule has 0 amide bonds. The fraction of sp³-hybridized carbons (Fsp3) is 0.692. The summed E-state index contributed by atoms with van der Waals surface area (Å²) < 4.78 is 2.58. The molecule has 0 bridgehead atoms. The van der Waals surface area contributed by atoms with Gasteiger partial charge in [-0.15, -0.1) is 0 Å². The molecule has 0 saturated heterocycles. The molecule has 19 heavy (non-hydrogen) atoms. The van der Waals surface area contributed by atoms with Crippen molar-refractivity contribution < 1.29 is 5.11 Å². The molecule has 6 heteroatoms. The molecule has 2 N–H and O–H groups in total. The van der Waals surface area contributed by atoms with Crippen LogP contribution in [0, 0.1) is 5.92 Å². The monoisotopic (exact) mass is 267 g/mol. The second-order valence-electron chi connectivity index (χ2n) is 5.24. The molecule has 0 radical (unpaired) electrons.